The number of hydrogen-bond donors (Lipinski definition) is 1. The minimum atomic E-state index is -0.260. The molecule has 1 aliphatic carbocycles. The van der Waals surface area contributed by atoms with E-state index in [0.717, 1.165) is 39.0 Å². The van der Waals surface area contributed by atoms with Gasteiger partial charge in [0.15, 0.2) is 5.79 Å². The Morgan fingerprint density at radius 2 is 1.95 bits per heavy atom. The summed E-state index contributed by atoms with van der Waals surface area (Å²) in [5.74, 6) is 0.334. The van der Waals surface area contributed by atoms with E-state index in [2.05, 4.69) is 42.6 Å². The van der Waals surface area contributed by atoms with Crippen LogP contribution in [0.5, 0.6) is 0 Å². The van der Waals surface area contributed by atoms with E-state index in [1.54, 1.807) is 0 Å². The highest BCUT2D eigenvalue weighted by atomic mass is 16.7. The molecule has 19 heavy (non-hydrogen) atoms. The Kier molecular flexibility index (Phi) is 3.87. The largest absolute Gasteiger partial charge is 0.348 e. The lowest BCUT2D eigenvalue weighted by Crippen LogP contribution is -2.46. The third-order valence-corrected chi connectivity index (χ3v) is 4.38. The van der Waals surface area contributed by atoms with Crippen molar-refractivity contribution < 1.29 is 9.47 Å². The van der Waals surface area contributed by atoms with Gasteiger partial charge in [-0.3, -0.25) is 0 Å². The first-order valence-corrected chi connectivity index (χ1v) is 7.33. The standard InChI is InChI=1S/C16H23NO2/c1-13-11-16(18-9-10-19-16)8-7-15(13)17-12-14-5-3-2-4-6-14/h2-6,13,15,17H,7-12H2,1H3/t13-,15+/m1/s1. The van der Waals surface area contributed by atoms with Crippen molar-refractivity contribution >= 4 is 0 Å². The van der Waals surface area contributed by atoms with Gasteiger partial charge >= 0.3 is 0 Å². The quantitative estimate of drug-likeness (QED) is 0.907. The number of nitrogens with one attached hydrogen (secondary N) is 1. The summed E-state index contributed by atoms with van der Waals surface area (Å²) in [4.78, 5) is 0. The summed E-state index contributed by atoms with van der Waals surface area (Å²) in [5, 5.41) is 3.68. The molecule has 1 saturated carbocycles. The van der Waals surface area contributed by atoms with Crippen molar-refractivity contribution in [1.29, 1.82) is 0 Å². The van der Waals surface area contributed by atoms with Gasteiger partial charge in [-0.1, -0.05) is 37.3 Å². The topological polar surface area (TPSA) is 30.5 Å². The maximum Gasteiger partial charge on any atom is 0.168 e. The van der Waals surface area contributed by atoms with E-state index < -0.39 is 0 Å². The Balaban J connectivity index is 1.53. The summed E-state index contributed by atoms with van der Waals surface area (Å²) in [6.45, 7) is 4.77. The lowest BCUT2D eigenvalue weighted by molar-refractivity contribution is -0.189. The van der Waals surface area contributed by atoms with E-state index in [1.807, 2.05) is 0 Å². The molecule has 2 fully saturated rings. The molecule has 0 unspecified atom stereocenters. The Labute approximate surface area is 115 Å². The van der Waals surface area contributed by atoms with Crippen molar-refractivity contribution in [3.05, 3.63) is 35.9 Å². The van der Waals surface area contributed by atoms with Crippen molar-refractivity contribution in [3.63, 3.8) is 0 Å². The molecule has 1 aromatic rings. The predicted molar refractivity (Wildman–Crippen MR) is 74.7 cm³/mol. The number of hydrogen-bond acceptors (Lipinski definition) is 3. The molecule has 1 aliphatic heterocycles. The molecule has 3 heteroatoms. The maximum absolute atomic E-state index is 5.81. The first-order chi connectivity index (χ1) is 9.27. The van der Waals surface area contributed by atoms with Crippen LogP contribution in [-0.2, 0) is 16.0 Å². The summed E-state index contributed by atoms with van der Waals surface area (Å²) >= 11 is 0. The zero-order valence-corrected chi connectivity index (χ0v) is 11.6. The lowest BCUT2D eigenvalue weighted by Gasteiger charge is -2.40. The van der Waals surface area contributed by atoms with Crippen LogP contribution in [0.1, 0.15) is 31.7 Å². The summed E-state index contributed by atoms with van der Waals surface area (Å²) in [6.07, 6.45) is 3.16. The van der Waals surface area contributed by atoms with Gasteiger partial charge in [0, 0.05) is 25.4 Å². The van der Waals surface area contributed by atoms with Crippen molar-refractivity contribution in [3.8, 4) is 0 Å². The molecule has 3 rings (SSSR count). The van der Waals surface area contributed by atoms with E-state index in [1.165, 1.54) is 5.56 Å². The molecule has 0 radical (unpaired) electrons. The first-order valence-electron chi connectivity index (χ1n) is 7.33. The van der Waals surface area contributed by atoms with Gasteiger partial charge in [0.2, 0.25) is 0 Å². The van der Waals surface area contributed by atoms with Crippen LogP contribution in [0.4, 0.5) is 0 Å². The Bertz CT molecular complexity index is 400. The van der Waals surface area contributed by atoms with Crippen LogP contribution in [0.15, 0.2) is 30.3 Å². The van der Waals surface area contributed by atoms with Crippen molar-refractivity contribution in [2.75, 3.05) is 13.2 Å². The summed E-state index contributed by atoms with van der Waals surface area (Å²) in [7, 11) is 0. The van der Waals surface area contributed by atoms with Crippen LogP contribution in [0.3, 0.4) is 0 Å². The van der Waals surface area contributed by atoms with E-state index in [9.17, 15) is 0 Å². The molecule has 2 atom stereocenters. The lowest BCUT2D eigenvalue weighted by atomic mass is 9.81. The summed E-state index contributed by atoms with van der Waals surface area (Å²) < 4.78 is 11.6. The van der Waals surface area contributed by atoms with E-state index in [4.69, 9.17) is 9.47 Å². The van der Waals surface area contributed by atoms with Gasteiger partial charge in [0.25, 0.3) is 0 Å². The average Bonchev–Trinajstić information content (AvgIpc) is 2.87. The summed E-state index contributed by atoms with van der Waals surface area (Å²) in [5.41, 5.74) is 1.35. The van der Waals surface area contributed by atoms with Crippen LogP contribution in [-0.4, -0.2) is 25.0 Å². The molecule has 1 N–H and O–H groups in total. The van der Waals surface area contributed by atoms with Gasteiger partial charge in [-0.2, -0.15) is 0 Å². The molecular weight excluding hydrogens is 238 g/mol. The van der Waals surface area contributed by atoms with Gasteiger partial charge in [-0.25, -0.2) is 0 Å². The molecular formula is C16H23NO2. The molecule has 104 valence electrons. The minimum Gasteiger partial charge on any atom is -0.348 e. The molecule has 1 spiro atoms. The van der Waals surface area contributed by atoms with Gasteiger partial charge in [0.1, 0.15) is 0 Å². The Hall–Kier alpha value is -0.900. The molecule has 1 saturated heterocycles. The Morgan fingerprint density at radius 3 is 2.63 bits per heavy atom. The molecule has 3 nitrogen and oxygen atoms in total. The maximum atomic E-state index is 5.81. The normalized spacial score (nSPS) is 29.7. The van der Waals surface area contributed by atoms with E-state index >= 15 is 0 Å². The average molecular weight is 261 g/mol. The smallest absolute Gasteiger partial charge is 0.168 e. The molecule has 0 amide bonds. The number of ether oxygens (including phenoxy) is 2. The zero-order valence-electron chi connectivity index (χ0n) is 11.6. The highest BCUT2D eigenvalue weighted by Gasteiger charge is 2.43. The van der Waals surface area contributed by atoms with E-state index in [-0.39, 0.29) is 5.79 Å². The Morgan fingerprint density at radius 1 is 1.21 bits per heavy atom. The van der Waals surface area contributed by atoms with Crippen LogP contribution >= 0.6 is 0 Å². The zero-order chi connectivity index (χ0) is 13.1. The van der Waals surface area contributed by atoms with Gasteiger partial charge in [0.05, 0.1) is 13.2 Å². The van der Waals surface area contributed by atoms with Gasteiger partial charge in [-0.05, 0) is 17.9 Å². The van der Waals surface area contributed by atoms with Crippen LogP contribution in [0, 0.1) is 5.92 Å². The highest BCUT2D eigenvalue weighted by Crippen LogP contribution is 2.38. The first kappa shape index (κ1) is 13.1. The van der Waals surface area contributed by atoms with Crippen molar-refractivity contribution in [2.24, 2.45) is 5.92 Å². The van der Waals surface area contributed by atoms with Crippen molar-refractivity contribution in [2.45, 2.75) is 44.6 Å². The molecule has 1 heterocycles. The minimum absolute atomic E-state index is 0.260. The van der Waals surface area contributed by atoms with Crippen LogP contribution < -0.4 is 5.32 Å². The van der Waals surface area contributed by atoms with Gasteiger partial charge in [-0.15, -0.1) is 0 Å². The van der Waals surface area contributed by atoms with Crippen LogP contribution in [0.25, 0.3) is 0 Å². The molecule has 0 aromatic heterocycles. The van der Waals surface area contributed by atoms with E-state index in [0.29, 0.717) is 12.0 Å². The van der Waals surface area contributed by atoms with Crippen molar-refractivity contribution in [1.82, 2.24) is 5.32 Å². The molecule has 1 aromatic carbocycles. The fourth-order valence-corrected chi connectivity index (χ4v) is 3.30. The van der Waals surface area contributed by atoms with Gasteiger partial charge < -0.3 is 14.8 Å². The predicted octanol–water partition coefficient (Wildman–Crippen LogP) is 2.71. The molecule has 0 bridgehead atoms. The van der Waals surface area contributed by atoms with Crippen LogP contribution in [0.2, 0.25) is 0 Å². The summed E-state index contributed by atoms with van der Waals surface area (Å²) in [6, 6.07) is 11.2. The number of benzene rings is 1. The third kappa shape index (κ3) is 2.99. The number of rotatable bonds is 3. The molecule has 2 aliphatic rings. The fraction of sp³-hybridized carbons (Fsp3) is 0.625. The second-order valence-corrected chi connectivity index (χ2v) is 5.80. The second kappa shape index (κ2) is 5.61. The third-order valence-electron chi connectivity index (χ3n) is 4.38. The fourth-order valence-electron chi connectivity index (χ4n) is 3.30. The monoisotopic (exact) mass is 261 g/mol. The highest BCUT2D eigenvalue weighted by molar-refractivity contribution is 5.14. The second-order valence-electron chi connectivity index (χ2n) is 5.80. The SMILES string of the molecule is C[C@@H]1CC2(CC[C@@H]1NCc1ccccc1)OCCO2.